The predicted octanol–water partition coefficient (Wildman–Crippen LogP) is 2.44. The van der Waals surface area contributed by atoms with Crippen LogP contribution in [0.2, 0.25) is 0 Å². The van der Waals surface area contributed by atoms with Crippen molar-refractivity contribution in [2.24, 2.45) is 0 Å². The molecule has 0 spiro atoms. The monoisotopic (exact) mass is 315 g/mol. The summed E-state index contributed by atoms with van der Waals surface area (Å²) >= 11 is 0. The van der Waals surface area contributed by atoms with E-state index in [1.165, 1.54) is 4.90 Å². The summed E-state index contributed by atoms with van der Waals surface area (Å²) in [5.41, 5.74) is 1.29. The van der Waals surface area contributed by atoms with E-state index < -0.39 is 5.63 Å². The summed E-state index contributed by atoms with van der Waals surface area (Å²) in [5.74, 6) is 1.05. The Hall–Kier alpha value is -2.56. The molecule has 2 aromatic rings. The van der Waals surface area contributed by atoms with Crippen LogP contribution in [0, 0.1) is 6.92 Å². The smallest absolute Gasteiger partial charge is 0.349 e. The van der Waals surface area contributed by atoms with Gasteiger partial charge < -0.3 is 14.1 Å². The topological polar surface area (TPSA) is 59.8 Å². The Balaban J connectivity index is 2.15. The molecule has 1 aromatic carbocycles. The first-order valence-electron chi connectivity index (χ1n) is 7.40. The van der Waals surface area contributed by atoms with E-state index in [0.29, 0.717) is 17.7 Å². The molecule has 5 nitrogen and oxygen atoms in total. The number of hydrogen-bond donors (Lipinski definition) is 0. The van der Waals surface area contributed by atoms with Crippen molar-refractivity contribution in [3.63, 3.8) is 0 Å². The third-order valence-corrected chi connectivity index (χ3v) is 3.64. The molecule has 122 valence electrons. The van der Waals surface area contributed by atoms with Gasteiger partial charge in [0, 0.05) is 20.5 Å². The van der Waals surface area contributed by atoms with Gasteiger partial charge in [-0.1, -0.05) is 12.1 Å². The highest BCUT2D eigenvalue weighted by Gasteiger charge is 2.18. The number of carbonyl (C=O) groups is 1. The van der Waals surface area contributed by atoms with Crippen molar-refractivity contribution in [1.29, 1.82) is 0 Å². The molecule has 0 saturated carbocycles. The van der Waals surface area contributed by atoms with E-state index in [1.54, 1.807) is 34.2 Å². The zero-order valence-electron chi connectivity index (χ0n) is 13.9. The summed E-state index contributed by atoms with van der Waals surface area (Å²) in [6.07, 6.45) is 1.34. The van der Waals surface area contributed by atoms with Crippen LogP contribution in [-0.4, -0.2) is 32.0 Å². The first-order chi connectivity index (χ1) is 10.9. The lowest BCUT2D eigenvalue weighted by Gasteiger charge is -2.11. The highest BCUT2D eigenvalue weighted by Crippen LogP contribution is 2.14. The molecule has 0 fully saturated rings. The molecular formula is C18H21NO4. The van der Waals surface area contributed by atoms with E-state index in [0.717, 1.165) is 17.7 Å². The summed E-state index contributed by atoms with van der Waals surface area (Å²) in [6, 6.07) is 9.52. The molecule has 0 aliphatic carbocycles. The number of carbonyl (C=O) groups excluding carboxylic acids is 1. The highest BCUT2D eigenvalue weighted by molar-refractivity contribution is 5.94. The van der Waals surface area contributed by atoms with Gasteiger partial charge >= 0.3 is 5.63 Å². The second-order valence-corrected chi connectivity index (χ2v) is 5.61. The van der Waals surface area contributed by atoms with Crippen LogP contribution in [0.3, 0.4) is 0 Å². The van der Waals surface area contributed by atoms with Gasteiger partial charge in [0.25, 0.3) is 5.91 Å². The normalized spacial score (nSPS) is 10.4. The molecular weight excluding hydrogens is 294 g/mol. The van der Waals surface area contributed by atoms with E-state index >= 15 is 0 Å². The number of amides is 1. The molecule has 2 rings (SSSR count). The SMILES string of the molecule is COc1ccc(CCc2cc(C)c(C(=O)N(C)C)c(=O)o2)cc1. The Morgan fingerprint density at radius 1 is 1.17 bits per heavy atom. The maximum Gasteiger partial charge on any atom is 0.349 e. The van der Waals surface area contributed by atoms with Crippen LogP contribution >= 0.6 is 0 Å². The van der Waals surface area contributed by atoms with Gasteiger partial charge in [-0.15, -0.1) is 0 Å². The molecule has 23 heavy (non-hydrogen) atoms. The minimum atomic E-state index is -0.576. The van der Waals surface area contributed by atoms with Gasteiger partial charge in [0.15, 0.2) is 0 Å². The molecule has 0 atom stereocenters. The summed E-state index contributed by atoms with van der Waals surface area (Å²) in [4.78, 5) is 25.4. The van der Waals surface area contributed by atoms with Gasteiger partial charge in [-0.05, 0) is 42.7 Å². The van der Waals surface area contributed by atoms with Crippen molar-refractivity contribution < 1.29 is 13.9 Å². The molecule has 1 heterocycles. The quantitative estimate of drug-likeness (QED) is 0.850. The van der Waals surface area contributed by atoms with Crippen molar-refractivity contribution in [3.8, 4) is 5.75 Å². The summed E-state index contributed by atoms with van der Waals surface area (Å²) in [5, 5.41) is 0. The lowest BCUT2D eigenvalue weighted by Crippen LogP contribution is -2.28. The number of aryl methyl sites for hydroxylation is 3. The number of nitrogens with zero attached hydrogens (tertiary/aromatic N) is 1. The standard InChI is InChI=1S/C18H21NO4/c1-12-11-15(23-18(21)16(12)17(20)19(2)3)10-7-13-5-8-14(22-4)9-6-13/h5-6,8-9,11H,7,10H2,1-4H3. The second kappa shape index (κ2) is 7.13. The van der Waals surface area contributed by atoms with Gasteiger partial charge in [-0.3, -0.25) is 4.79 Å². The van der Waals surface area contributed by atoms with Gasteiger partial charge in [0.05, 0.1) is 7.11 Å². The number of hydrogen-bond acceptors (Lipinski definition) is 4. The van der Waals surface area contributed by atoms with Crippen molar-refractivity contribution in [1.82, 2.24) is 4.90 Å². The Labute approximate surface area is 135 Å². The van der Waals surface area contributed by atoms with Gasteiger partial charge in [-0.25, -0.2) is 4.79 Å². The Kier molecular flexibility index (Phi) is 5.21. The van der Waals surface area contributed by atoms with Gasteiger partial charge in [0.2, 0.25) is 0 Å². The first-order valence-corrected chi connectivity index (χ1v) is 7.40. The molecule has 0 aliphatic heterocycles. The first kappa shape index (κ1) is 16.8. The summed E-state index contributed by atoms with van der Waals surface area (Å²) < 4.78 is 10.4. The highest BCUT2D eigenvalue weighted by atomic mass is 16.5. The fourth-order valence-corrected chi connectivity index (χ4v) is 2.34. The van der Waals surface area contributed by atoms with E-state index in [4.69, 9.17) is 9.15 Å². The zero-order chi connectivity index (χ0) is 17.0. The van der Waals surface area contributed by atoms with Crippen molar-refractivity contribution in [2.45, 2.75) is 19.8 Å². The summed E-state index contributed by atoms with van der Waals surface area (Å²) in [6.45, 7) is 1.75. The van der Waals surface area contributed by atoms with Gasteiger partial charge in [0.1, 0.15) is 17.1 Å². The fraction of sp³-hybridized carbons (Fsp3) is 0.333. The molecule has 0 radical (unpaired) electrons. The number of methoxy groups -OCH3 is 1. The molecule has 5 heteroatoms. The van der Waals surface area contributed by atoms with Crippen LogP contribution in [-0.2, 0) is 12.8 Å². The Morgan fingerprint density at radius 3 is 2.35 bits per heavy atom. The third kappa shape index (κ3) is 4.00. The van der Waals surface area contributed by atoms with Crippen LogP contribution in [0.5, 0.6) is 5.75 Å². The average Bonchev–Trinajstić information content (AvgIpc) is 2.52. The lowest BCUT2D eigenvalue weighted by molar-refractivity contribution is 0.0822. The maximum atomic E-state index is 12.1. The Morgan fingerprint density at radius 2 is 1.83 bits per heavy atom. The largest absolute Gasteiger partial charge is 0.497 e. The zero-order valence-corrected chi connectivity index (χ0v) is 13.9. The molecule has 1 amide bonds. The summed E-state index contributed by atoms with van der Waals surface area (Å²) in [7, 11) is 4.85. The van der Waals surface area contributed by atoms with Crippen molar-refractivity contribution >= 4 is 5.91 Å². The predicted molar refractivity (Wildman–Crippen MR) is 88.1 cm³/mol. The van der Waals surface area contributed by atoms with Crippen molar-refractivity contribution in [2.75, 3.05) is 21.2 Å². The number of benzene rings is 1. The third-order valence-electron chi connectivity index (χ3n) is 3.64. The van der Waals surface area contributed by atoms with E-state index in [1.807, 2.05) is 24.3 Å². The van der Waals surface area contributed by atoms with E-state index in [2.05, 4.69) is 0 Å². The van der Waals surface area contributed by atoms with Crippen LogP contribution < -0.4 is 10.4 Å². The molecule has 0 bridgehead atoms. The van der Waals surface area contributed by atoms with Gasteiger partial charge in [-0.2, -0.15) is 0 Å². The second-order valence-electron chi connectivity index (χ2n) is 5.61. The molecule has 1 aromatic heterocycles. The van der Waals surface area contributed by atoms with E-state index in [-0.39, 0.29) is 11.5 Å². The van der Waals surface area contributed by atoms with Crippen LogP contribution in [0.25, 0.3) is 0 Å². The van der Waals surface area contributed by atoms with Crippen LogP contribution in [0.15, 0.2) is 39.5 Å². The number of rotatable bonds is 5. The molecule has 0 saturated heterocycles. The number of ether oxygens (including phenoxy) is 1. The fourth-order valence-electron chi connectivity index (χ4n) is 2.34. The lowest BCUT2D eigenvalue weighted by atomic mass is 10.1. The van der Waals surface area contributed by atoms with Crippen LogP contribution in [0.1, 0.15) is 27.2 Å². The maximum absolute atomic E-state index is 12.1. The van der Waals surface area contributed by atoms with E-state index in [9.17, 15) is 9.59 Å². The molecule has 0 unspecified atom stereocenters. The molecule has 0 N–H and O–H groups in total. The Bertz CT molecular complexity index is 745. The minimum absolute atomic E-state index is 0.100. The van der Waals surface area contributed by atoms with Crippen molar-refractivity contribution in [3.05, 3.63) is 63.2 Å². The van der Waals surface area contributed by atoms with Crippen LogP contribution in [0.4, 0.5) is 0 Å². The minimum Gasteiger partial charge on any atom is -0.497 e. The average molecular weight is 315 g/mol. The molecule has 0 aliphatic rings.